The van der Waals surface area contributed by atoms with Crippen molar-refractivity contribution in [2.24, 2.45) is 11.7 Å². The summed E-state index contributed by atoms with van der Waals surface area (Å²) in [5.41, 5.74) is 4.72. The smallest absolute Gasteiger partial charge is 0.323 e. The highest BCUT2D eigenvalue weighted by Crippen LogP contribution is 2.35. The summed E-state index contributed by atoms with van der Waals surface area (Å²) in [6.45, 7) is 3.83. The molecule has 110 valence electrons. The van der Waals surface area contributed by atoms with Crippen LogP contribution in [0.2, 0.25) is 0 Å². The maximum Gasteiger partial charge on any atom is 0.323 e. The number of hydrogen-bond acceptors (Lipinski definition) is 3. The third-order valence-electron chi connectivity index (χ3n) is 4.99. The molecule has 0 aromatic carbocycles. The quantitative estimate of drug-likeness (QED) is 0.802. The van der Waals surface area contributed by atoms with E-state index in [1.165, 1.54) is 45.1 Å². The molecule has 1 aliphatic heterocycles. The average molecular weight is 268 g/mol. The lowest BCUT2D eigenvalue weighted by Crippen LogP contribution is -2.48. The maximum absolute atomic E-state index is 11.0. The van der Waals surface area contributed by atoms with Gasteiger partial charge in [0, 0.05) is 6.04 Å². The predicted octanol–water partition coefficient (Wildman–Crippen LogP) is 2.22. The fourth-order valence-corrected chi connectivity index (χ4v) is 3.76. The Labute approximate surface area is 116 Å². The van der Waals surface area contributed by atoms with Crippen molar-refractivity contribution in [2.45, 2.75) is 69.9 Å². The minimum Gasteiger partial charge on any atom is -0.480 e. The first-order chi connectivity index (χ1) is 9.00. The predicted molar refractivity (Wildman–Crippen MR) is 76.0 cm³/mol. The normalized spacial score (nSPS) is 31.5. The van der Waals surface area contributed by atoms with Gasteiger partial charge >= 0.3 is 5.97 Å². The van der Waals surface area contributed by atoms with Crippen LogP contribution in [0, 0.1) is 5.92 Å². The van der Waals surface area contributed by atoms with Gasteiger partial charge in [-0.15, -0.1) is 0 Å². The largest absolute Gasteiger partial charge is 0.480 e. The van der Waals surface area contributed by atoms with E-state index in [0.717, 1.165) is 24.9 Å². The number of hydrogen-bond donors (Lipinski definition) is 2. The van der Waals surface area contributed by atoms with Gasteiger partial charge in [-0.3, -0.25) is 4.79 Å². The number of fused-ring (bicyclic) bond motifs is 1. The van der Waals surface area contributed by atoms with Crippen LogP contribution in [-0.2, 0) is 4.79 Å². The second-order valence-corrected chi connectivity index (χ2v) is 6.62. The number of nitrogens with two attached hydrogens (primary N) is 1. The molecule has 4 heteroatoms. The number of aliphatic carboxylic acids is 1. The SMILES string of the molecule is CC(N)(CCCN1CCC[C@H]2CCCC[C@H]21)C(=O)O. The van der Waals surface area contributed by atoms with Crippen molar-refractivity contribution in [1.82, 2.24) is 4.90 Å². The number of nitrogens with zero attached hydrogens (tertiary/aromatic N) is 1. The Hall–Kier alpha value is -0.610. The van der Waals surface area contributed by atoms with E-state index in [4.69, 9.17) is 10.8 Å². The van der Waals surface area contributed by atoms with Crippen LogP contribution in [0.3, 0.4) is 0 Å². The van der Waals surface area contributed by atoms with Crippen molar-refractivity contribution in [3.63, 3.8) is 0 Å². The van der Waals surface area contributed by atoms with Gasteiger partial charge in [0.2, 0.25) is 0 Å². The van der Waals surface area contributed by atoms with Crippen molar-refractivity contribution >= 4 is 5.97 Å². The first-order valence-electron chi connectivity index (χ1n) is 7.77. The Morgan fingerprint density at radius 1 is 1.32 bits per heavy atom. The van der Waals surface area contributed by atoms with Gasteiger partial charge in [0.1, 0.15) is 5.54 Å². The summed E-state index contributed by atoms with van der Waals surface area (Å²) in [6.07, 6.45) is 9.65. The molecule has 19 heavy (non-hydrogen) atoms. The Kier molecular flexibility index (Phi) is 4.85. The maximum atomic E-state index is 11.0. The highest BCUT2D eigenvalue weighted by Gasteiger charge is 2.33. The van der Waals surface area contributed by atoms with Crippen LogP contribution in [0.25, 0.3) is 0 Å². The van der Waals surface area contributed by atoms with Crippen molar-refractivity contribution < 1.29 is 9.90 Å². The van der Waals surface area contributed by atoms with Gasteiger partial charge in [-0.2, -0.15) is 0 Å². The third-order valence-corrected chi connectivity index (χ3v) is 4.99. The number of piperidine rings is 1. The Balaban J connectivity index is 1.80. The standard InChI is InChI=1S/C15H28N2O2/c1-15(16,14(18)19)9-5-11-17-10-4-7-12-6-2-3-8-13(12)17/h12-13H,2-11,16H2,1H3,(H,18,19)/t12-,13-,15?/m1/s1. The minimum atomic E-state index is -1.07. The summed E-state index contributed by atoms with van der Waals surface area (Å²) >= 11 is 0. The zero-order valence-electron chi connectivity index (χ0n) is 12.1. The summed E-state index contributed by atoms with van der Waals surface area (Å²) in [6, 6.07) is 0.761. The third kappa shape index (κ3) is 3.69. The van der Waals surface area contributed by atoms with E-state index in [1.807, 2.05) is 0 Å². The van der Waals surface area contributed by atoms with Crippen LogP contribution in [0.15, 0.2) is 0 Å². The zero-order valence-corrected chi connectivity index (χ0v) is 12.1. The van der Waals surface area contributed by atoms with E-state index < -0.39 is 11.5 Å². The molecule has 0 amide bonds. The van der Waals surface area contributed by atoms with Gasteiger partial charge in [0.05, 0.1) is 0 Å². The van der Waals surface area contributed by atoms with Crippen LogP contribution in [-0.4, -0.2) is 40.6 Å². The van der Waals surface area contributed by atoms with Crippen LogP contribution in [0.1, 0.15) is 58.3 Å². The number of carboxylic acid groups (broad SMARTS) is 1. The fraction of sp³-hybridized carbons (Fsp3) is 0.933. The molecule has 0 radical (unpaired) electrons. The van der Waals surface area contributed by atoms with Gasteiger partial charge < -0.3 is 15.7 Å². The number of rotatable bonds is 5. The van der Waals surface area contributed by atoms with Gasteiger partial charge in [0.15, 0.2) is 0 Å². The molecule has 4 nitrogen and oxygen atoms in total. The molecule has 1 saturated heterocycles. The first-order valence-corrected chi connectivity index (χ1v) is 7.77. The van der Waals surface area contributed by atoms with Crippen LogP contribution in [0.4, 0.5) is 0 Å². The molecule has 0 aromatic heterocycles. The topological polar surface area (TPSA) is 66.6 Å². The van der Waals surface area contributed by atoms with E-state index in [9.17, 15) is 4.79 Å². The summed E-state index contributed by atoms with van der Waals surface area (Å²) < 4.78 is 0. The van der Waals surface area contributed by atoms with Gasteiger partial charge in [-0.25, -0.2) is 0 Å². The molecule has 1 saturated carbocycles. The molecule has 2 aliphatic rings. The lowest BCUT2D eigenvalue weighted by atomic mass is 9.78. The molecule has 1 unspecified atom stereocenters. The van der Waals surface area contributed by atoms with Gasteiger partial charge in [-0.1, -0.05) is 12.8 Å². The molecule has 2 fully saturated rings. The van der Waals surface area contributed by atoms with Crippen LogP contribution in [0.5, 0.6) is 0 Å². The van der Waals surface area contributed by atoms with Crippen LogP contribution < -0.4 is 5.73 Å². The summed E-state index contributed by atoms with van der Waals surface area (Å²) in [7, 11) is 0. The fourth-order valence-electron chi connectivity index (χ4n) is 3.76. The first kappa shape index (κ1) is 14.8. The Bertz CT molecular complexity index is 315. The summed E-state index contributed by atoms with van der Waals surface area (Å²) in [5.74, 6) is 0.00733. The second-order valence-electron chi connectivity index (χ2n) is 6.62. The lowest BCUT2D eigenvalue weighted by Gasteiger charge is -2.44. The Morgan fingerprint density at radius 2 is 2.00 bits per heavy atom. The van der Waals surface area contributed by atoms with E-state index in [-0.39, 0.29) is 0 Å². The van der Waals surface area contributed by atoms with E-state index in [1.54, 1.807) is 6.92 Å². The molecular formula is C15H28N2O2. The van der Waals surface area contributed by atoms with Gasteiger partial charge in [0.25, 0.3) is 0 Å². The van der Waals surface area contributed by atoms with E-state index >= 15 is 0 Å². The second kappa shape index (κ2) is 6.23. The molecule has 2 rings (SSSR count). The number of carboxylic acids is 1. The monoisotopic (exact) mass is 268 g/mol. The molecule has 1 heterocycles. The number of carbonyl (C=O) groups is 1. The molecule has 1 aliphatic carbocycles. The average Bonchev–Trinajstić information content (AvgIpc) is 2.38. The molecule has 3 N–H and O–H groups in total. The highest BCUT2D eigenvalue weighted by molar-refractivity contribution is 5.77. The molecule has 0 aromatic rings. The Morgan fingerprint density at radius 3 is 2.74 bits per heavy atom. The van der Waals surface area contributed by atoms with E-state index in [0.29, 0.717) is 6.42 Å². The van der Waals surface area contributed by atoms with Crippen molar-refractivity contribution in [1.29, 1.82) is 0 Å². The van der Waals surface area contributed by atoms with Crippen molar-refractivity contribution in [3.05, 3.63) is 0 Å². The lowest BCUT2D eigenvalue weighted by molar-refractivity contribution is -0.143. The molecule has 0 bridgehead atoms. The van der Waals surface area contributed by atoms with Crippen LogP contribution >= 0.6 is 0 Å². The van der Waals surface area contributed by atoms with E-state index in [2.05, 4.69) is 4.90 Å². The summed E-state index contributed by atoms with van der Waals surface area (Å²) in [4.78, 5) is 13.6. The summed E-state index contributed by atoms with van der Waals surface area (Å²) in [5, 5.41) is 9.03. The molecule has 3 atom stereocenters. The van der Waals surface area contributed by atoms with Crippen molar-refractivity contribution in [3.8, 4) is 0 Å². The zero-order chi connectivity index (χ0) is 13.9. The van der Waals surface area contributed by atoms with Crippen molar-refractivity contribution in [2.75, 3.05) is 13.1 Å². The minimum absolute atomic E-state index is 0.566. The highest BCUT2D eigenvalue weighted by atomic mass is 16.4. The van der Waals surface area contributed by atoms with Gasteiger partial charge in [-0.05, 0) is 64.5 Å². The number of likely N-dealkylation sites (tertiary alicyclic amines) is 1. The molecular weight excluding hydrogens is 240 g/mol. The molecule has 0 spiro atoms.